The fourth-order valence-electron chi connectivity index (χ4n) is 1.48. The highest BCUT2D eigenvalue weighted by Crippen LogP contribution is 2.20. The molecule has 0 bridgehead atoms. The maximum Gasteiger partial charge on any atom is 0.259 e. The van der Waals surface area contributed by atoms with Gasteiger partial charge in [0.15, 0.2) is 5.82 Å². The molecular formula is C13H9BrClFN2O. The van der Waals surface area contributed by atoms with Crippen LogP contribution >= 0.6 is 27.5 Å². The van der Waals surface area contributed by atoms with Crippen molar-refractivity contribution in [3.63, 3.8) is 0 Å². The van der Waals surface area contributed by atoms with Crippen LogP contribution < -0.4 is 5.32 Å². The highest BCUT2D eigenvalue weighted by Gasteiger charge is 2.14. The van der Waals surface area contributed by atoms with Crippen LogP contribution in [0, 0.1) is 12.7 Å². The second-order valence-corrected chi connectivity index (χ2v) is 5.08. The van der Waals surface area contributed by atoms with Crippen LogP contribution in [0.4, 0.5) is 10.2 Å². The lowest BCUT2D eigenvalue weighted by molar-refractivity contribution is 0.102. The van der Waals surface area contributed by atoms with E-state index in [0.717, 1.165) is 10.2 Å². The van der Waals surface area contributed by atoms with E-state index in [1.807, 2.05) is 0 Å². The van der Waals surface area contributed by atoms with E-state index in [1.165, 1.54) is 18.2 Å². The van der Waals surface area contributed by atoms with Gasteiger partial charge in [-0.3, -0.25) is 4.79 Å². The summed E-state index contributed by atoms with van der Waals surface area (Å²) in [5.74, 6) is -0.977. The van der Waals surface area contributed by atoms with Gasteiger partial charge in [-0.1, -0.05) is 17.7 Å². The summed E-state index contributed by atoms with van der Waals surface area (Å²) in [6.07, 6.45) is 0. The predicted octanol–water partition coefficient (Wildman–Crippen LogP) is 4.20. The molecule has 2 rings (SSSR count). The zero-order chi connectivity index (χ0) is 14.0. The third-order valence-corrected chi connectivity index (χ3v) is 3.59. The minimum atomic E-state index is -0.740. The van der Waals surface area contributed by atoms with Crippen LogP contribution in [0.3, 0.4) is 0 Å². The minimum absolute atomic E-state index is 0.0902. The number of amides is 1. The first-order valence-corrected chi connectivity index (χ1v) is 6.54. The van der Waals surface area contributed by atoms with Crippen LogP contribution in [-0.2, 0) is 0 Å². The predicted molar refractivity (Wildman–Crippen MR) is 76.0 cm³/mol. The number of anilines is 1. The molecule has 98 valence electrons. The monoisotopic (exact) mass is 342 g/mol. The van der Waals surface area contributed by atoms with E-state index in [-0.39, 0.29) is 10.6 Å². The molecular weight excluding hydrogens is 335 g/mol. The first-order valence-electron chi connectivity index (χ1n) is 5.37. The summed E-state index contributed by atoms with van der Waals surface area (Å²) in [5.41, 5.74) is 0.610. The fourth-order valence-corrected chi connectivity index (χ4v) is 1.87. The first-order chi connectivity index (χ1) is 8.99. The van der Waals surface area contributed by atoms with Gasteiger partial charge < -0.3 is 5.32 Å². The van der Waals surface area contributed by atoms with Crippen molar-refractivity contribution in [3.8, 4) is 0 Å². The fraction of sp³-hybridized carbons (Fsp3) is 0.0769. The van der Waals surface area contributed by atoms with Gasteiger partial charge >= 0.3 is 0 Å². The number of hydrogen-bond acceptors (Lipinski definition) is 2. The molecule has 1 aromatic heterocycles. The van der Waals surface area contributed by atoms with Crippen molar-refractivity contribution < 1.29 is 9.18 Å². The molecule has 0 atom stereocenters. The molecule has 0 aliphatic rings. The summed E-state index contributed by atoms with van der Waals surface area (Å²) < 4.78 is 14.5. The van der Waals surface area contributed by atoms with Gasteiger partial charge in [0, 0.05) is 4.47 Å². The number of benzene rings is 1. The van der Waals surface area contributed by atoms with Gasteiger partial charge in [-0.05, 0) is 47.1 Å². The molecule has 6 heteroatoms. The number of rotatable bonds is 2. The average molecular weight is 344 g/mol. The molecule has 1 amide bonds. The number of nitrogens with one attached hydrogen (secondary N) is 1. The minimum Gasteiger partial charge on any atom is -0.306 e. The van der Waals surface area contributed by atoms with Gasteiger partial charge in [-0.25, -0.2) is 9.37 Å². The molecule has 1 N–H and O–H groups in total. The molecule has 0 saturated heterocycles. The highest BCUT2D eigenvalue weighted by molar-refractivity contribution is 9.10. The number of pyridine rings is 1. The molecule has 3 nitrogen and oxygen atoms in total. The third kappa shape index (κ3) is 3.11. The molecule has 0 spiro atoms. The van der Waals surface area contributed by atoms with Gasteiger partial charge in [-0.2, -0.15) is 0 Å². The van der Waals surface area contributed by atoms with E-state index in [2.05, 4.69) is 26.2 Å². The van der Waals surface area contributed by atoms with E-state index in [4.69, 9.17) is 11.6 Å². The zero-order valence-corrected chi connectivity index (χ0v) is 12.2. The molecule has 1 heterocycles. The van der Waals surface area contributed by atoms with Crippen molar-refractivity contribution in [1.82, 2.24) is 4.98 Å². The largest absolute Gasteiger partial charge is 0.306 e. The Bertz CT molecular complexity index is 649. The van der Waals surface area contributed by atoms with E-state index in [1.54, 1.807) is 19.1 Å². The smallest absolute Gasteiger partial charge is 0.259 e. The van der Waals surface area contributed by atoms with Crippen LogP contribution in [-0.4, -0.2) is 10.9 Å². The molecule has 19 heavy (non-hydrogen) atoms. The molecule has 0 fully saturated rings. The van der Waals surface area contributed by atoms with Crippen molar-refractivity contribution in [2.75, 3.05) is 5.32 Å². The van der Waals surface area contributed by atoms with E-state index >= 15 is 0 Å². The lowest BCUT2D eigenvalue weighted by atomic mass is 10.2. The summed E-state index contributed by atoms with van der Waals surface area (Å²) >= 11 is 8.94. The van der Waals surface area contributed by atoms with Crippen molar-refractivity contribution >= 4 is 39.3 Å². The number of halogens is 3. The summed E-state index contributed by atoms with van der Waals surface area (Å²) in [5, 5.41) is 2.43. The highest BCUT2D eigenvalue weighted by atomic mass is 79.9. The van der Waals surface area contributed by atoms with E-state index in [9.17, 15) is 9.18 Å². The van der Waals surface area contributed by atoms with Crippen molar-refractivity contribution in [2.45, 2.75) is 6.92 Å². The third-order valence-electron chi connectivity index (χ3n) is 2.46. The lowest BCUT2D eigenvalue weighted by Gasteiger charge is -2.07. The summed E-state index contributed by atoms with van der Waals surface area (Å²) in [4.78, 5) is 16.1. The second kappa shape index (κ2) is 5.67. The van der Waals surface area contributed by atoms with Gasteiger partial charge in [0.25, 0.3) is 5.91 Å². The van der Waals surface area contributed by atoms with Crippen molar-refractivity contribution in [1.29, 1.82) is 0 Å². The van der Waals surface area contributed by atoms with E-state index < -0.39 is 11.7 Å². The Hall–Kier alpha value is -1.46. The molecule has 1 aromatic carbocycles. The number of hydrogen-bond donors (Lipinski definition) is 1. The standard InChI is InChI=1S/C13H9BrClFN2O/c1-7-9(14)5-6-11(17-7)18-13(19)8-3-2-4-10(15)12(8)16/h2-6H,1H3,(H,17,18,19). The van der Waals surface area contributed by atoms with Crippen LogP contribution in [0.25, 0.3) is 0 Å². The number of carbonyl (C=O) groups is 1. The second-order valence-electron chi connectivity index (χ2n) is 3.82. The molecule has 0 unspecified atom stereocenters. The summed E-state index contributed by atoms with van der Waals surface area (Å²) in [6, 6.07) is 7.64. The quantitative estimate of drug-likeness (QED) is 0.888. The number of aryl methyl sites for hydroxylation is 1. The van der Waals surface area contributed by atoms with Crippen molar-refractivity contribution in [3.05, 3.63) is 56.9 Å². The van der Waals surface area contributed by atoms with Gasteiger partial charge in [-0.15, -0.1) is 0 Å². The lowest BCUT2D eigenvalue weighted by Crippen LogP contribution is -2.15. The maximum atomic E-state index is 13.7. The topological polar surface area (TPSA) is 42.0 Å². The first kappa shape index (κ1) is 14.0. The number of carbonyl (C=O) groups excluding carboxylic acids is 1. The maximum absolute atomic E-state index is 13.7. The summed E-state index contributed by atoms with van der Waals surface area (Å²) in [7, 11) is 0. The Morgan fingerprint density at radius 3 is 2.79 bits per heavy atom. The van der Waals surface area contributed by atoms with Crippen LogP contribution in [0.2, 0.25) is 5.02 Å². The summed E-state index contributed by atoms with van der Waals surface area (Å²) in [6.45, 7) is 1.79. The van der Waals surface area contributed by atoms with Gasteiger partial charge in [0.1, 0.15) is 5.82 Å². The molecule has 0 aliphatic heterocycles. The Balaban J connectivity index is 2.26. The van der Waals surface area contributed by atoms with E-state index in [0.29, 0.717) is 5.82 Å². The Kier molecular flexibility index (Phi) is 4.17. The van der Waals surface area contributed by atoms with Gasteiger partial charge in [0.2, 0.25) is 0 Å². The number of nitrogens with zero attached hydrogens (tertiary/aromatic N) is 1. The normalized spacial score (nSPS) is 10.3. The van der Waals surface area contributed by atoms with Crippen LogP contribution in [0.15, 0.2) is 34.8 Å². The Morgan fingerprint density at radius 2 is 2.11 bits per heavy atom. The molecule has 2 aromatic rings. The Morgan fingerprint density at radius 1 is 1.37 bits per heavy atom. The Labute approximate surface area is 122 Å². The molecule has 0 radical (unpaired) electrons. The SMILES string of the molecule is Cc1nc(NC(=O)c2cccc(Cl)c2F)ccc1Br. The number of aromatic nitrogens is 1. The van der Waals surface area contributed by atoms with Crippen LogP contribution in [0.5, 0.6) is 0 Å². The van der Waals surface area contributed by atoms with Gasteiger partial charge in [0.05, 0.1) is 16.3 Å². The zero-order valence-electron chi connectivity index (χ0n) is 9.88. The molecule has 0 aliphatic carbocycles. The molecule has 0 saturated carbocycles. The van der Waals surface area contributed by atoms with Crippen LogP contribution in [0.1, 0.15) is 16.1 Å². The van der Waals surface area contributed by atoms with Crippen molar-refractivity contribution in [2.24, 2.45) is 0 Å². The average Bonchev–Trinajstić information content (AvgIpc) is 2.37.